The van der Waals surface area contributed by atoms with Crippen molar-refractivity contribution >= 4 is 0 Å². The van der Waals surface area contributed by atoms with E-state index in [0.717, 1.165) is 11.3 Å². The van der Waals surface area contributed by atoms with Gasteiger partial charge in [0.15, 0.2) is 0 Å². The van der Waals surface area contributed by atoms with Crippen molar-refractivity contribution < 1.29 is 25.5 Å². The van der Waals surface area contributed by atoms with Gasteiger partial charge in [0.05, 0.1) is 5.89 Å². The molecule has 0 fully saturated rings. The first-order valence-electron chi connectivity index (χ1n) is 4.09. The van der Waals surface area contributed by atoms with Crippen LogP contribution in [0.5, 0.6) is 0 Å². The van der Waals surface area contributed by atoms with Gasteiger partial charge in [0, 0.05) is 0 Å². The number of hydrogen-bond donors (Lipinski definition) is 0. The Labute approximate surface area is 97.6 Å². The number of benzene rings is 1. The summed E-state index contributed by atoms with van der Waals surface area (Å²) in [5, 5.41) is 0. The Morgan fingerprint density at radius 1 is 1.29 bits per heavy atom. The van der Waals surface area contributed by atoms with Gasteiger partial charge in [0.25, 0.3) is 0 Å². The molecule has 0 saturated heterocycles. The van der Waals surface area contributed by atoms with Crippen LogP contribution in [0.4, 0.5) is 0 Å². The van der Waals surface area contributed by atoms with Gasteiger partial charge in [0.2, 0.25) is 0 Å². The van der Waals surface area contributed by atoms with E-state index >= 15 is 0 Å². The first-order valence-corrected chi connectivity index (χ1v) is 4.09. The summed E-state index contributed by atoms with van der Waals surface area (Å²) in [6.45, 7) is 3.83. The quantitative estimate of drug-likeness (QED) is 0.735. The SMILES string of the molecule is Cc1c[c-]c(-c2[c-]oc(C)n2)cc1.[W+2]. The van der Waals surface area contributed by atoms with Gasteiger partial charge in [-0.05, 0) is 13.2 Å². The first kappa shape index (κ1) is 11.2. The molecular formula is C11H9NOW. The van der Waals surface area contributed by atoms with Crippen molar-refractivity contribution in [3.05, 3.63) is 42.0 Å². The van der Waals surface area contributed by atoms with Crippen LogP contribution in [0, 0.1) is 26.2 Å². The molecule has 0 atom stereocenters. The van der Waals surface area contributed by atoms with Gasteiger partial charge in [-0.15, -0.1) is 11.3 Å². The molecule has 3 heteroatoms. The number of aryl methyl sites for hydroxylation is 2. The Kier molecular flexibility index (Phi) is 3.65. The van der Waals surface area contributed by atoms with E-state index in [2.05, 4.69) is 17.3 Å². The third-order valence-corrected chi connectivity index (χ3v) is 1.79. The van der Waals surface area contributed by atoms with Crippen molar-refractivity contribution in [3.63, 3.8) is 0 Å². The van der Waals surface area contributed by atoms with Gasteiger partial charge in [0.1, 0.15) is 0 Å². The molecule has 0 saturated carbocycles. The van der Waals surface area contributed by atoms with Crippen molar-refractivity contribution in [3.8, 4) is 11.3 Å². The van der Waals surface area contributed by atoms with Crippen LogP contribution in [0.25, 0.3) is 11.3 Å². The Hall–Kier alpha value is -0.882. The molecule has 0 N–H and O–H groups in total. The van der Waals surface area contributed by atoms with Crippen molar-refractivity contribution in [1.29, 1.82) is 0 Å². The van der Waals surface area contributed by atoms with Gasteiger partial charge in [-0.25, -0.2) is 11.6 Å². The Bertz CT molecular complexity index is 405. The molecule has 2 rings (SSSR count). The van der Waals surface area contributed by atoms with E-state index in [9.17, 15) is 0 Å². The molecule has 1 aromatic heterocycles. The maximum Gasteiger partial charge on any atom is 2.00 e. The van der Waals surface area contributed by atoms with Crippen LogP contribution in [0.2, 0.25) is 0 Å². The van der Waals surface area contributed by atoms with E-state index in [1.165, 1.54) is 5.56 Å². The van der Waals surface area contributed by atoms with Crippen LogP contribution in [-0.4, -0.2) is 4.98 Å². The molecule has 1 aromatic carbocycles. The second kappa shape index (κ2) is 4.56. The molecule has 0 aliphatic heterocycles. The van der Waals surface area contributed by atoms with Gasteiger partial charge < -0.3 is 9.40 Å². The number of rotatable bonds is 1. The number of aromatic nitrogens is 1. The second-order valence-corrected chi connectivity index (χ2v) is 2.96. The summed E-state index contributed by atoms with van der Waals surface area (Å²) in [6.07, 6.45) is 2.72. The van der Waals surface area contributed by atoms with Gasteiger partial charge in [-0.2, -0.15) is 18.2 Å². The van der Waals surface area contributed by atoms with Crippen LogP contribution in [0.15, 0.2) is 22.6 Å². The van der Waals surface area contributed by atoms with Gasteiger partial charge in [-0.1, -0.05) is 6.92 Å². The molecule has 0 bridgehead atoms. The smallest absolute Gasteiger partial charge is 0.579 e. The van der Waals surface area contributed by atoms with Crippen LogP contribution < -0.4 is 0 Å². The van der Waals surface area contributed by atoms with E-state index in [0.29, 0.717) is 5.89 Å². The normalized spacial score (nSPS) is 9.57. The molecular weight excluding hydrogens is 346 g/mol. The molecule has 0 aliphatic rings. The summed E-state index contributed by atoms with van der Waals surface area (Å²) in [6, 6.07) is 9.02. The summed E-state index contributed by atoms with van der Waals surface area (Å²) in [5.41, 5.74) is 2.82. The zero-order chi connectivity index (χ0) is 9.26. The molecule has 0 aliphatic carbocycles. The average molecular weight is 355 g/mol. The van der Waals surface area contributed by atoms with Crippen molar-refractivity contribution in [2.24, 2.45) is 0 Å². The van der Waals surface area contributed by atoms with Crippen molar-refractivity contribution in [2.45, 2.75) is 13.8 Å². The molecule has 70 valence electrons. The standard InChI is InChI=1S/C11H9NO.W/c1-8-3-5-10(6-4-8)11-7-13-9(2)12-11;/h3-5H,1-2H3;/q-2;+2. The monoisotopic (exact) mass is 355 g/mol. The summed E-state index contributed by atoms with van der Waals surface area (Å²) in [4.78, 5) is 4.16. The zero-order valence-corrected chi connectivity index (χ0v) is 10.9. The summed E-state index contributed by atoms with van der Waals surface area (Å²) < 4.78 is 4.99. The molecule has 0 radical (unpaired) electrons. The van der Waals surface area contributed by atoms with Crippen LogP contribution in [-0.2, 0) is 21.1 Å². The minimum absolute atomic E-state index is 0. The second-order valence-electron chi connectivity index (χ2n) is 2.96. The van der Waals surface area contributed by atoms with Crippen LogP contribution in [0.3, 0.4) is 0 Å². The average Bonchev–Trinajstić information content (AvgIpc) is 2.53. The molecule has 14 heavy (non-hydrogen) atoms. The third-order valence-electron chi connectivity index (χ3n) is 1.79. The third kappa shape index (κ3) is 2.33. The number of hydrogen-bond acceptors (Lipinski definition) is 2. The van der Waals surface area contributed by atoms with Crippen LogP contribution >= 0.6 is 0 Å². The maximum atomic E-state index is 4.99. The Morgan fingerprint density at radius 3 is 2.57 bits per heavy atom. The molecule has 0 unspecified atom stereocenters. The summed E-state index contributed by atoms with van der Waals surface area (Å²) in [7, 11) is 0. The van der Waals surface area contributed by atoms with E-state index < -0.39 is 0 Å². The largest absolute Gasteiger partial charge is 2.00 e. The fraction of sp³-hybridized carbons (Fsp3) is 0.182. The van der Waals surface area contributed by atoms with Gasteiger partial charge >= 0.3 is 21.1 Å². The van der Waals surface area contributed by atoms with E-state index in [-0.39, 0.29) is 21.1 Å². The molecule has 2 nitrogen and oxygen atoms in total. The molecule has 2 aromatic rings. The van der Waals surface area contributed by atoms with E-state index in [1.54, 1.807) is 6.92 Å². The first-order chi connectivity index (χ1) is 6.25. The Morgan fingerprint density at radius 2 is 2.07 bits per heavy atom. The molecule has 1 heterocycles. The van der Waals surface area contributed by atoms with Crippen molar-refractivity contribution in [2.75, 3.05) is 0 Å². The fourth-order valence-electron chi connectivity index (χ4n) is 1.09. The van der Waals surface area contributed by atoms with E-state index in [4.69, 9.17) is 4.42 Å². The zero-order valence-electron chi connectivity index (χ0n) is 8.00. The van der Waals surface area contributed by atoms with Crippen LogP contribution in [0.1, 0.15) is 11.5 Å². The predicted molar refractivity (Wildman–Crippen MR) is 49.1 cm³/mol. The topological polar surface area (TPSA) is 26.0 Å². The summed E-state index contributed by atoms with van der Waals surface area (Å²) >= 11 is 0. The predicted octanol–water partition coefficient (Wildman–Crippen LogP) is 2.56. The van der Waals surface area contributed by atoms with E-state index in [1.807, 2.05) is 25.1 Å². The molecule has 0 spiro atoms. The fourth-order valence-corrected chi connectivity index (χ4v) is 1.09. The Balaban J connectivity index is 0.000000980. The number of oxazole rings is 1. The number of nitrogens with zero attached hydrogens (tertiary/aromatic N) is 1. The molecule has 0 amide bonds. The maximum absolute atomic E-state index is 4.99. The minimum atomic E-state index is 0. The van der Waals surface area contributed by atoms with Crippen molar-refractivity contribution in [1.82, 2.24) is 4.98 Å². The van der Waals surface area contributed by atoms with Gasteiger partial charge in [-0.3, -0.25) is 0 Å². The minimum Gasteiger partial charge on any atom is -0.579 e. The summed E-state index contributed by atoms with van der Waals surface area (Å²) in [5.74, 6) is 0.629.